The van der Waals surface area contributed by atoms with E-state index in [0.717, 1.165) is 5.56 Å². The maximum absolute atomic E-state index is 8.58. The highest BCUT2D eigenvalue weighted by Gasteiger charge is 2.09. The summed E-state index contributed by atoms with van der Waals surface area (Å²) < 4.78 is 5.08. The number of rotatable bonds is 6. The van der Waals surface area contributed by atoms with Gasteiger partial charge >= 0.3 is 0 Å². The number of nitrogens with zero attached hydrogens (tertiary/aromatic N) is 1. The molecule has 1 aromatic carbocycles. The first-order valence-electron chi connectivity index (χ1n) is 5.91. The largest absolute Gasteiger partial charge is 0.409 e. The Balaban J connectivity index is 2.67. The minimum atomic E-state index is 0.120. The molecule has 0 saturated carbocycles. The second-order valence-corrected chi connectivity index (χ2v) is 4.35. The van der Waals surface area contributed by atoms with Crippen molar-refractivity contribution in [2.24, 2.45) is 10.9 Å². The van der Waals surface area contributed by atoms with Gasteiger partial charge in [0.15, 0.2) is 5.84 Å². The number of hydrogen-bond donors (Lipinski definition) is 3. The summed E-state index contributed by atoms with van der Waals surface area (Å²) in [4.78, 5) is 0. The lowest BCUT2D eigenvalue weighted by molar-refractivity contribution is 0.168. The molecule has 0 aliphatic rings. The van der Waals surface area contributed by atoms with Crippen LogP contribution in [0, 0.1) is 0 Å². The Kier molecular flexibility index (Phi) is 5.61. The summed E-state index contributed by atoms with van der Waals surface area (Å²) in [7, 11) is 1.69. The van der Waals surface area contributed by atoms with E-state index < -0.39 is 0 Å². The molecular formula is C13H21N3O2. The van der Waals surface area contributed by atoms with Crippen LogP contribution in [0.3, 0.4) is 0 Å². The Morgan fingerprint density at radius 2 is 2.00 bits per heavy atom. The van der Waals surface area contributed by atoms with E-state index in [4.69, 9.17) is 15.7 Å². The molecule has 0 amide bonds. The van der Waals surface area contributed by atoms with Gasteiger partial charge in [-0.05, 0) is 19.4 Å². The van der Waals surface area contributed by atoms with Gasteiger partial charge in [-0.15, -0.1) is 0 Å². The van der Waals surface area contributed by atoms with Crippen molar-refractivity contribution in [3.63, 3.8) is 0 Å². The monoisotopic (exact) mass is 251 g/mol. The molecular weight excluding hydrogens is 230 g/mol. The Hall–Kier alpha value is -1.59. The topological polar surface area (TPSA) is 79.9 Å². The fourth-order valence-electron chi connectivity index (χ4n) is 1.82. The van der Waals surface area contributed by atoms with E-state index in [1.165, 1.54) is 0 Å². The van der Waals surface area contributed by atoms with Crippen molar-refractivity contribution in [2.75, 3.05) is 13.7 Å². The molecule has 2 atom stereocenters. The van der Waals surface area contributed by atoms with Gasteiger partial charge in [0, 0.05) is 24.8 Å². The molecule has 0 heterocycles. The normalized spacial score (nSPS) is 15.4. The van der Waals surface area contributed by atoms with Crippen LogP contribution in [0.1, 0.15) is 31.0 Å². The molecule has 0 saturated heterocycles. The van der Waals surface area contributed by atoms with Crippen LogP contribution >= 0.6 is 0 Å². The number of hydrogen-bond acceptors (Lipinski definition) is 4. The molecule has 0 aromatic heterocycles. The van der Waals surface area contributed by atoms with Gasteiger partial charge in [0.1, 0.15) is 0 Å². The fraction of sp³-hybridized carbons (Fsp3) is 0.462. The summed E-state index contributed by atoms with van der Waals surface area (Å²) in [5.74, 6) is 0.120. The van der Waals surface area contributed by atoms with Crippen LogP contribution in [0.2, 0.25) is 0 Å². The van der Waals surface area contributed by atoms with Crippen molar-refractivity contribution >= 4 is 5.84 Å². The molecule has 2 unspecified atom stereocenters. The summed E-state index contributed by atoms with van der Waals surface area (Å²) in [6.07, 6.45) is 0. The van der Waals surface area contributed by atoms with Crippen molar-refractivity contribution in [2.45, 2.75) is 25.9 Å². The van der Waals surface area contributed by atoms with E-state index in [1.54, 1.807) is 7.11 Å². The molecule has 5 nitrogen and oxygen atoms in total. The molecule has 0 radical (unpaired) electrons. The van der Waals surface area contributed by atoms with E-state index in [2.05, 4.69) is 24.3 Å². The number of methoxy groups -OCH3 is 1. The summed E-state index contributed by atoms with van der Waals surface area (Å²) in [6.45, 7) is 4.84. The van der Waals surface area contributed by atoms with Gasteiger partial charge in [-0.3, -0.25) is 0 Å². The smallest absolute Gasteiger partial charge is 0.170 e. The third-order valence-electron chi connectivity index (χ3n) is 2.77. The molecule has 1 aromatic rings. The van der Waals surface area contributed by atoms with Crippen LogP contribution in [0.15, 0.2) is 29.4 Å². The van der Waals surface area contributed by atoms with Crippen LogP contribution in [0.25, 0.3) is 0 Å². The van der Waals surface area contributed by atoms with E-state index in [9.17, 15) is 0 Å². The van der Waals surface area contributed by atoms with Crippen LogP contribution < -0.4 is 11.1 Å². The highest BCUT2D eigenvalue weighted by Crippen LogP contribution is 2.14. The SMILES string of the molecule is COCC(C)NC(C)c1ccc(C(N)=NO)cc1. The van der Waals surface area contributed by atoms with Gasteiger partial charge in [-0.25, -0.2) is 0 Å². The summed E-state index contributed by atoms with van der Waals surface area (Å²) in [5.41, 5.74) is 7.36. The molecule has 0 spiro atoms. The lowest BCUT2D eigenvalue weighted by atomic mass is 10.1. The molecule has 1 rings (SSSR count). The maximum atomic E-state index is 8.58. The van der Waals surface area contributed by atoms with Crippen molar-refractivity contribution in [3.8, 4) is 0 Å². The average molecular weight is 251 g/mol. The first-order chi connectivity index (χ1) is 8.58. The van der Waals surface area contributed by atoms with Gasteiger partial charge in [0.05, 0.1) is 6.61 Å². The molecule has 0 bridgehead atoms. The zero-order chi connectivity index (χ0) is 13.5. The fourth-order valence-corrected chi connectivity index (χ4v) is 1.82. The Bertz CT molecular complexity index is 390. The second kappa shape index (κ2) is 6.98. The van der Waals surface area contributed by atoms with Gasteiger partial charge in [-0.1, -0.05) is 29.4 Å². The van der Waals surface area contributed by atoms with Gasteiger partial charge in [0.25, 0.3) is 0 Å². The standard InChI is InChI=1S/C13H21N3O2/c1-9(8-18-3)15-10(2)11-4-6-12(7-5-11)13(14)16-17/h4-7,9-10,15,17H,8H2,1-3H3,(H2,14,16). The lowest BCUT2D eigenvalue weighted by Crippen LogP contribution is -2.32. The quantitative estimate of drug-likeness (QED) is 0.309. The van der Waals surface area contributed by atoms with Crippen molar-refractivity contribution in [1.29, 1.82) is 0 Å². The molecule has 0 aliphatic carbocycles. The highest BCUT2D eigenvalue weighted by molar-refractivity contribution is 5.96. The lowest BCUT2D eigenvalue weighted by Gasteiger charge is -2.20. The average Bonchev–Trinajstić information content (AvgIpc) is 2.38. The molecule has 0 fully saturated rings. The molecule has 100 valence electrons. The minimum Gasteiger partial charge on any atom is -0.409 e. The minimum absolute atomic E-state index is 0.120. The number of ether oxygens (including phenoxy) is 1. The number of nitrogens with two attached hydrogens (primary N) is 1. The van der Waals surface area contributed by atoms with Gasteiger partial charge in [-0.2, -0.15) is 0 Å². The number of amidine groups is 1. The van der Waals surface area contributed by atoms with E-state index >= 15 is 0 Å². The zero-order valence-corrected chi connectivity index (χ0v) is 11.1. The summed E-state index contributed by atoms with van der Waals surface area (Å²) >= 11 is 0. The summed E-state index contributed by atoms with van der Waals surface area (Å²) in [6, 6.07) is 8.10. The van der Waals surface area contributed by atoms with Gasteiger partial charge < -0.3 is 21.0 Å². The van der Waals surface area contributed by atoms with Crippen molar-refractivity contribution in [3.05, 3.63) is 35.4 Å². The van der Waals surface area contributed by atoms with Crippen LogP contribution in [0.5, 0.6) is 0 Å². The predicted octanol–water partition coefficient (Wildman–Crippen LogP) is 1.47. The molecule has 18 heavy (non-hydrogen) atoms. The first kappa shape index (κ1) is 14.5. The van der Waals surface area contributed by atoms with E-state index in [-0.39, 0.29) is 17.9 Å². The molecule has 0 aliphatic heterocycles. The summed E-state index contributed by atoms with van der Waals surface area (Å²) in [5, 5.41) is 15.0. The third kappa shape index (κ3) is 4.01. The van der Waals surface area contributed by atoms with E-state index in [1.807, 2.05) is 24.3 Å². The highest BCUT2D eigenvalue weighted by atomic mass is 16.5. The zero-order valence-electron chi connectivity index (χ0n) is 11.1. The second-order valence-electron chi connectivity index (χ2n) is 4.35. The molecule has 5 heteroatoms. The predicted molar refractivity (Wildman–Crippen MR) is 71.8 cm³/mol. The number of nitrogens with one attached hydrogen (secondary N) is 1. The molecule has 4 N–H and O–H groups in total. The maximum Gasteiger partial charge on any atom is 0.170 e. The number of benzene rings is 1. The van der Waals surface area contributed by atoms with Crippen molar-refractivity contribution < 1.29 is 9.94 Å². The Morgan fingerprint density at radius 3 is 2.50 bits per heavy atom. The Morgan fingerprint density at radius 1 is 1.39 bits per heavy atom. The third-order valence-corrected chi connectivity index (χ3v) is 2.77. The van der Waals surface area contributed by atoms with Crippen LogP contribution in [-0.4, -0.2) is 30.8 Å². The Labute approximate surface area is 108 Å². The van der Waals surface area contributed by atoms with Crippen molar-refractivity contribution in [1.82, 2.24) is 5.32 Å². The number of oxime groups is 1. The van der Waals surface area contributed by atoms with Crippen LogP contribution in [-0.2, 0) is 4.74 Å². The van der Waals surface area contributed by atoms with E-state index in [0.29, 0.717) is 12.2 Å². The first-order valence-corrected chi connectivity index (χ1v) is 5.91. The van der Waals surface area contributed by atoms with Crippen LogP contribution in [0.4, 0.5) is 0 Å². The van der Waals surface area contributed by atoms with Gasteiger partial charge in [0.2, 0.25) is 0 Å².